The topological polar surface area (TPSA) is 64.3 Å². The van der Waals surface area contributed by atoms with Crippen molar-refractivity contribution in [3.8, 4) is 0 Å². The van der Waals surface area contributed by atoms with Crippen LogP contribution in [0.4, 0.5) is 8.78 Å². The smallest absolute Gasteiger partial charge is 0.347 e. The number of imidazole rings is 1. The molecular formula is C19H15ClF2N2O3S. The summed E-state index contributed by atoms with van der Waals surface area (Å²) in [6, 6.07) is 7.10. The van der Waals surface area contributed by atoms with E-state index in [1.165, 1.54) is 0 Å². The number of carbonyl (C=O) groups is 1. The SMILES string of the molecule is O=C(O)C1SC2=C(C3CC1c1nc4ccccc4n13)C(Cl)(OC(F)F)CC=C2. The standard InChI is InChI=1S/C19H15ClF2N2O3S/c20-19(27-18(21)22)7-3-6-13-14(19)12-8-9(15(28-13)17(25)26)16-23-10-4-1-2-5-11(10)24(12)16/h1-6,9,12,15,18H,7-8H2,(H,25,26). The van der Waals surface area contributed by atoms with Crippen LogP contribution in [-0.2, 0) is 9.53 Å². The number of aliphatic carboxylic acids is 1. The second-order valence-electron chi connectivity index (χ2n) is 7.05. The van der Waals surface area contributed by atoms with E-state index in [0.29, 0.717) is 22.7 Å². The van der Waals surface area contributed by atoms with Gasteiger partial charge in [0, 0.05) is 22.8 Å². The maximum atomic E-state index is 13.2. The van der Waals surface area contributed by atoms with Crippen LogP contribution < -0.4 is 0 Å². The van der Waals surface area contributed by atoms with Crippen LogP contribution in [0.25, 0.3) is 11.0 Å². The molecule has 0 radical (unpaired) electrons. The number of aromatic nitrogens is 2. The van der Waals surface area contributed by atoms with Crippen molar-refractivity contribution in [1.29, 1.82) is 0 Å². The third-order valence-electron chi connectivity index (χ3n) is 5.53. The minimum absolute atomic E-state index is 0.0825. The largest absolute Gasteiger partial charge is 0.480 e. The lowest BCUT2D eigenvalue weighted by Crippen LogP contribution is -2.36. The van der Waals surface area contributed by atoms with Crippen molar-refractivity contribution < 1.29 is 23.4 Å². The molecule has 4 unspecified atom stereocenters. The van der Waals surface area contributed by atoms with Gasteiger partial charge in [-0.1, -0.05) is 35.9 Å². The molecule has 2 aliphatic heterocycles. The minimum atomic E-state index is -3.04. The highest BCUT2D eigenvalue weighted by atomic mass is 35.5. The predicted molar refractivity (Wildman–Crippen MR) is 102 cm³/mol. The van der Waals surface area contributed by atoms with Gasteiger partial charge in [-0.05, 0) is 18.6 Å². The van der Waals surface area contributed by atoms with E-state index in [2.05, 4.69) is 4.98 Å². The highest BCUT2D eigenvalue weighted by Gasteiger charge is 2.52. The van der Waals surface area contributed by atoms with E-state index in [-0.39, 0.29) is 18.4 Å². The minimum Gasteiger partial charge on any atom is -0.480 e. The van der Waals surface area contributed by atoms with Gasteiger partial charge in [0.05, 0.1) is 17.1 Å². The van der Waals surface area contributed by atoms with Crippen molar-refractivity contribution in [3.05, 3.63) is 52.7 Å². The predicted octanol–water partition coefficient (Wildman–Crippen LogP) is 4.65. The maximum absolute atomic E-state index is 13.2. The van der Waals surface area contributed by atoms with Crippen molar-refractivity contribution in [2.75, 3.05) is 0 Å². The number of nitrogens with zero attached hydrogens (tertiary/aromatic N) is 2. The second-order valence-corrected chi connectivity index (χ2v) is 8.85. The first kappa shape index (κ1) is 18.1. The molecule has 1 aromatic heterocycles. The molecule has 0 fully saturated rings. The molecule has 9 heteroatoms. The molecule has 146 valence electrons. The molecule has 0 amide bonds. The van der Waals surface area contributed by atoms with Crippen LogP contribution in [0.1, 0.15) is 30.6 Å². The first-order valence-corrected chi connectivity index (χ1v) is 10.1. The van der Waals surface area contributed by atoms with Gasteiger partial charge in [-0.25, -0.2) is 4.98 Å². The molecule has 0 saturated heterocycles. The second kappa shape index (κ2) is 6.30. The maximum Gasteiger partial charge on any atom is 0.347 e. The van der Waals surface area contributed by atoms with E-state index >= 15 is 0 Å². The summed E-state index contributed by atoms with van der Waals surface area (Å²) in [5.74, 6) is -0.661. The Kier molecular flexibility index (Phi) is 4.08. The summed E-state index contributed by atoms with van der Waals surface area (Å²) in [7, 11) is 0. The summed E-state index contributed by atoms with van der Waals surface area (Å²) in [6.45, 7) is -3.04. The van der Waals surface area contributed by atoms with Crippen molar-refractivity contribution >= 4 is 40.4 Å². The molecule has 28 heavy (non-hydrogen) atoms. The molecule has 1 aromatic carbocycles. The molecule has 3 heterocycles. The number of para-hydroxylation sites is 2. The Bertz CT molecular complexity index is 1050. The number of benzene rings is 1. The lowest BCUT2D eigenvalue weighted by Gasteiger charge is -2.36. The fourth-order valence-corrected chi connectivity index (χ4v) is 6.34. The van der Waals surface area contributed by atoms with Crippen LogP contribution in [0, 0.1) is 0 Å². The van der Waals surface area contributed by atoms with Crippen LogP contribution in [0.3, 0.4) is 0 Å². The Balaban J connectivity index is 1.77. The highest BCUT2D eigenvalue weighted by Crippen LogP contribution is 2.58. The number of rotatable bonds is 3. The average Bonchev–Trinajstić information content (AvgIpc) is 3.09. The molecule has 2 aromatic rings. The molecule has 5 rings (SSSR count). The van der Waals surface area contributed by atoms with E-state index in [1.807, 2.05) is 28.8 Å². The van der Waals surface area contributed by atoms with Gasteiger partial charge < -0.3 is 9.67 Å². The Morgan fingerprint density at radius 2 is 2.21 bits per heavy atom. The van der Waals surface area contributed by atoms with Crippen LogP contribution >= 0.6 is 23.4 Å². The lowest BCUT2D eigenvalue weighted by molar-refractivity contribution is -0.168. The molecule has 0 saturated carbocycles. The third kappa shape index (κ3) is 2.54. The van der Waals surface area contributed by atoms with Gasteiger partial charge in [-0.2, -0.15) is 8.78 Å². The molecule has 4 atom stereocenters. The number of allylic oxidation sites excluding steroid dienone is 1. The number of fused-ring (bicyclic) bond motifs is 8. The number of carboxylic acids is 1. The zero-order chi connectivity index (χ0) is 19.6. The number of ether oxygens (including phenoxy) is 1. The summed E-state index contributed by atoms with van der Waals surface area (Å²) in [4.78, 5) is 17.3. The Morgan fingerprint density at radius 1 is 1.43 bits per heavy atom. The quantitative estimate of drug-likeness (QED) is 0.726. The molecule has 3 aliphatic rings. The van der Waals surface area contributed by atoms with Crippen molar-refractivity contribution in [1.82, 2.24) is 9.55 Å². The fourth-order valence-electron chi connectivity index (χ4n) is 4.52. The number of hydrogen-bond acceptors (Lipinski definition) is 4. The van der Waals surface area contributed by atoms with Gasteiger partial charge in [-0.3, -0.25) is 9.53 Å². The van der Waals surface area contributed by atoms with Crippen molar-refractivity contribution in [2.45, 2.75) is 41.7 Å². The summed E-state index contributed by atoms with van der Waals surface area (Å²) in [5.41, 5.74) is 2.07. The van der Waals surface area contributed by atoms with E-state index < -0.39 is 22.9 Å². The summed E-state index contributed by atoms with van der Waals surface area (Å²) < 4.78 is 33.2. The Hall–Kier alpha value is -1.90. The average molecular weight is 425 g/mol. The lowest BCUT2D eigenvalue weighted by atomic mass is 9.89. The van der Waals surface area contributed by atoms with Gasteiger partial charge in [0.1, 0.15) is 11.1 Å². The molecule has 2 bridgehead atoms. The zero-order valence-corrected chi connectivity index (χ0v) is 16.0. The number of hydrogen-bond donors (Lipinski definition) is 1. The van der Waals surface area contributed by atoms with Crippen LogP contribution in [0.2, 0.25) is 0 Å². The summed E-state index contributed by atoms with van der Waals surface area (Å²) in [6.07, 6.45) is 3.95. The first-order chi connectivity index (χ1) is 13.4. The molecule has 0 spiro atoms. The van der Waals surface area contributed by atoms with Crippen LogP contribution in [-0.4, -0.2) is 37.5 Å². The van der Waals surface area contributed by atoms with Crippen molar-refractivity contribution in [2.24, 2.45) is 0 Å². The monoisotopic (exact) mass is 424 g/mol. The number of thioether (sulfide) groups is 1. The molecular weight excluding hydrogens is 410 g/mol. The molecule has 1 N–H and O–H groups in total. The van der Waals surface area contributed by atoms with E-state index in [9.17, 15) is 18.7 Å². The van der Waals surface area contributed by atoms with E-state index in [4.69, 9.17) is 16.3 Å². The van der Waals surface area contributed by atoms with Crippen molar-refractivity contribution in [3.63, 3.8) is 0 Å². The Morgan fingerprint density at radius 3 is 2.96 bits per heavy atom. The number of halogens is 3. The van der Waals surface area contributed by atoms with Crippen LogP contribution in [0.5, 0.6) is 0 Å². The Labute approximate surface area is 168 Å². The first-order valence-electron chi connectivity index (χ1n) is 8.81. The zero-order valence-electron chi connectivity index (χ0n) is 14.4. The highest BCUT2D eigenvalue weighted by molar-refractivity contribution is 8.04. The molecule has 1 aliphatic carbocycles. The van der Waals surface area contributed by atoms with Crippen LogP contribution in [0.15, 0.2) is 46.9 Å². The van der Waals surface area contributed by atoms with Gasteiger partial charge >= 0.3 is 12.6 Å². The normalized spacial score (nSPS) is 31.2. The number of alkyl halides is 3. The van der Waals surface area contributed by atoms with Gasteiger partial charge in [-0.15, -0.1) is 11.8 Å². The fraction of sp³-hybridized carbons (Fsp3) is 0.368. The molecule has 5 nitrogen and oxygen atoms in total. The number of carboxylic acid groups (broad SMARTS) is 1. The van der Waals surface area contributed by atoms with Gasteiger partial charge in [0.15, 0.2) is 5.06 Å². The summed E-state index contributed by atoms with van der Waals surface area (Å²) >= 11 is 7.76. The van der Waals surface area contributed by atoms with E-state index in [1.54, 1.807) is 12.2 Å². The van der Waals surface area contributed by atoms with E-state index in [0.717, 1.165) is 22.8 Å². The van der Waals surface area contributed by atoms with Gasteiger partial charge in [0.25, 0.3) is 0 Å². The van der Waals surface area contributed by atoms with Gasteiger partial charge in [0.2, 0.25) is 0 Å². The third-order valence-corrected chi connectivity index (χ3v) is 7.37. The summed E-state index contributed by atoms with van der Waals surface area (Å²) in [5, 5.41) is 7.35.